The van der Waals surface area contributed by atoms with E-state index in [2.05, 4.69) is 15.3 Å². The number of benzene rings is 1. The number of aryl methyl sites for hydroxylation is 1. The van der Waals surface area contributed by atoms with Crippen molar-refractivity contribution in [2.45, 2.75) is 13.8 Å². The summed E-state index contributed by atoms with van der Waals surface area (Å²) in [6.45, 7) is 3.91. The van der Waals surface area contributed by atoms with E-state index in [0.29, 0.717) is 11.4 Å². The fourth-order valence-electron chi connectivity index (χ4n) is 0.934. The van der Waals surface area contributed by atoms with Crippen LogP contribution in [0, 0.1) is 6.92 Å². The molecule has 0 atom stereocenters. The van der Waals surface area contributed by atoms with E-state index in [-0.39, 0.29) is 6.54 Å². The lowest BCUT2D eigenvalue weighted by Gasteiger charge is -2.03. The van der Waals surface area contributed by atoms with Gasteiger partial charge in [0.05, 0.1) is 5.71 Å². The molecular weight excluding hydrogens is 206 g/mol. The SMILES string of the molecule is C/C(CN)=N\OC(=O)Nc1ccc(C)cc1. The Morgan fingerprint density at radius 3 is 2.62 bits per heavy atom. The van der Waals surface area contributed by atoms with Crippen molar-refractivity contribution in [2.24, 2.45) is 10.9 Å². The van der Waals surface area contributed by atoms with Gasteiger partial charge in [-0.3, -0.25) is 10.2 Å². The molecule has 0 saturated carbocycles. The number of oxime groups is 1. The Hall–Kier alpha value is -1.88. The lowest BCUT2D eigenvalue weighted by molar-refractivity contribution is 0.166. The molecule has 0 aliphatic heterocycles. The summed E-state index contributed by atoms with van der Waals surface area (Å²) < 4.78 is 0. The van der Waals surface area contributed by atoms with Crippen molar-refractivity contribution < 1.29 is 9.63 Å². The zero-order chi connectivity index (χ0) is 12.0. The van der Waals surface area contributed by atoms with Gasteiger partial charge in [-0.2, -0.15) is 0 Å². The maximum atomic E-state index is 11.2. The highest BCUT2D eigenvalue weighted by Crippen LogP contribution is 2.08. The van der Waals surface area contributed by atoms with Gasteiger partial charge in [0.1, 0.15) is 0 Å². The molecule has 0 aliphatic rings. The van der Waals surface area contributed by atoms with Gasteiger partial charge in [0.2, 0.25) is 0 Å². The lowest BCUT2D eigenvalue weighted by atomic mass is 10.2. The summed E-state index contributed by atoms with van der Waals surface area (Å²) in [4.78, 5) is 15.8. The summed E-state index contributed by atoms with van der Waals surface area (Å²) in [6, 6.07) is 7.36. The Bertz CT molecular complexity index is 385. The maximum Gasteiger partial charge on any atom is 0.437 e. The van der Waals surface area contributed by atoms with Crippen LogP contribution >= 0.6 is 0 Å². The summed E-state index contributed by atoms with van der Waals surface area (Å²) in [7, 11) is 0. The third kappa shape index (κ3) is 4.10. The molecule has 1 rings (SSSR count). The van der Waals surface area contributed by atoms with Crippen LogP contribution in [0.3, 0.4) is 0 Å². The van der Waals surface area contributed by atoms with Gasteiger partial charge in [0.25, 0.3) is 0 Å². The Labute approximate surface area is 94.3 Å². The van der Waals surface area contributed by atoms with Gasteiger partial charge in [0, 0.05) is 12.2 Å². The molecule has 0 aliphatic carbocycles. The Balaban J connectivity index is 2.49. The topological polar surface area (TPSA) is 76.7 Å². The van der Waals surface area contributed by atoms with E-state index in [9.17, 15) is 4.79 Å². The minimum Gasteiger partial charge on any atom is -0.325 e. The van der Waals surface area contributed by atoms with Crippen LogP contribution in [0.2, 0.25) is 0 Å². The Morgan fingerprint density at radius 1 is 1.44 bits per heavy atom. The van der Waals surface area contributed by atoms with Gasteiger partial charge < -0.3 is 5.73 Å². The minimum absolute atomic E-state index is 0.262. The molecule has 0 heterocycles. The summed E-state index contributed by atoms with van der Waals surface area (Å²) >= 11 is 0. The van der Waals surface area contributed by atoms with E-state index >= 15 is 0 Å². The molecule has 1 amide bonds. The maximum absolute atomic E-state index is 11.2. The molecule has 0 aromatic heterocycles. The van der Waals surface area contributed by atoms with Crippen LogP contribution in [0.25, 0.3) is 0 Å². The van der Waals surface area contributed by atoms with E-state index in [1.807, 2.05) is 19.1 Å². The normalized spacial score (nSPS) is 11.1. The molecule has 0 spiro atoms. The second kappa shape index (κ2) is 5.87. The molecule has 0 saturated heterocycles. The van der Waals surface area contributed by atoms with Crippen LogP contribution in [0.15, 0.2) is 29.4 Å². The van der Waals surface area contributed by atoms with Crippen molar-refractivity contribution in [3.05, 3.63) is 29.8 Å². The second-order valence-electron chi connectivity index (χ2n) is 3.40. The first-order chi connectivity index (χ1) is 7.61. The Kier molecular flexibility index (Phi) is 4.47. The van der Waals surface area contributed by atoms with Gasteiger partial charge in [0.15, 0.2) is 0 Å². The van der Waals surface area contributed by atoms with E-state index in [1.165, 1.54) is 0 Å². The molecule has 1 aromatic rings. The van der Waals surface area contributed by atoms with Crippen LogP contribution in [-0.4, -0.2) is 18.3 Å². The van der Waals surface area contributed by atoms with Crippen LogP contribution in [0.5, 0.6) is 0 Å². The zero-order valence-corrected chi connectivity index (χ0v) is 9.36. The number of rotatable bonds is 3. The van der Waals surface area contributed by atoms with Crippen molar-refractivity contribution >= 4 is 17.5 Å². The highest BCUT2D eigenvalue weighted by atomic mass is 16.7. The molecule has 5 nitrogen and oxygen atoms in total. The van der Waals surface area contributed by atoms with E-state index in [4.69, 9.17) is 5.73 Å². The van der Waals surface area contributed by atoms with E-state index in [0.717, 1.165) is 5.56 Å². The average molecular weight is 221 g/mol. The van der Waals surface area contributed by atoms with Gasteiger partial charge >= 0.3 is 6.09 Å². The van der Waals surface area contributed by atoms with E-state index in [1.54, 1.807) is 19.1 Å². The summed E-state index contributed by atoms with van der Waals surface area (Å²) in [5.74, 6) is 0. The van der Waals surface area contributed by atoms with Gasteiger partial charge in [-0.05, 0) is 26.0 Å². The molecule has 0 radical (unpaired) electrons. The number of amides is 1. The number of nitrogens with two attached hydrogens (primary N) is 1. The molecule has 0 fully saturated rings. The predicted molar refractivity (Wildman–Crippen MR) is 63.4 cm³/mol. The highest BCUT2D eigenvalue weighted by Gasteiger charge is 2.02. The number of nitrogens with one attached hydrogen (secondary N) is 1. The molecular formula is C11H15N3O2. The third-order valence-electron chi connectivity index (χ3n) is 1.88. The van der Waals surface area contributed by atoms with Gasteiger partial charge in [-0.15, -0.1) is 0 Å². The standard InChI is InChI=1S/C11H15N3O2/c1-8-3-5-10(6-4-8)13-11(15)16-14-9(2)7-12/h3-6H,7,12H2,1-2H3,(H,13,15)/b14-9+. The number of hydrogen-bond acceptors (Lipinski definition) is 4. The second-order valence-corrected chi connectivity index (χ2v) is 3.40. The molecule has 86 valence electrons. The zero-order valence-electron chi connectivity index (χ0n) is 9.36. The Morgan fingerprint density at radius 2 is 2.06 bits per heavy atom. The molecule has 3 N–H and O–H groups in total. The first kappa shape index (κ1) is 12.2. The highest BCUT2D eigenvalue weighted by molar-refractivity contribution is 5.87. The van der Waals surface area contributed by atoms with Crippen LogP contribution in [0.1, 0.15) is 12.5 Å². The number of hydrogen-bond donors (Lipinski definition) is 2. The number of anilines is 1. The van der Waals surface area contributed by atoms with Crippen molar-refractivity contribution in [3.63, 3.8) is 0 Å². The third-order valence-corrected chi connectivity index (χ3v) is 1.88. The number of carbonyl (C=O) groups excluding carboxylic acids is 1. The van der Waals surface area contributed by atoms with Crippen molar-refractivity contribution in [1.82, 2.24) is 0 Å². The first-order valence-electron chi connectivity index (χ1n) is 4.90. The molecule has 0 bridgehead atoms. The lowest BCUT2D eigenvalue weighted by Crippen LogP contribution is -2.14. The van der Waals surface area contributed by atoms with Crippen LogP contribution < -0.4 is 11.1 Å². The summed E-state index contributed by atoms with van der Waals surface area (Å²) in [5.41, 5.74) is 7.62. The van der Waals surface area contributed by atoms with Crippen LogP contribution in [0.4, 0.5) is 10.5 Å². The number of carbonyl (C=O) groups is 1. The quantitative estimate of drug-likeness (QED) is 0.464. The van der Waals surface area contributed by atoms with Crippen LogP contribution in [-0.2, 0) is 4.84 Å². The monoisotopic (exact) mass is 221 g/mol. The van der Waals surface area contributed by atoms with Crippen molar-refractivity contribution in [2.75, 3.05) is 11.9 Å². The fraction of sp³-hybridized carbons (Fsp3) is 0.273. The molecule has 1 aromatic carbocycles. The van der Waals surface area contributed by atoms with Gasteiger partial charge in [-0.1, -0.05) is 22.9 Å². The largest absolute Gasteiger partial charge is 0.437 e. The molecule has 0 unspecified atom stereocenters. The summed E-state index contributed by atoms with van der Waals surface area (Å²) in [6.07, 6.45) is -0.628. The van der Waals surface area contributed by atoms with Crippen molar-refractivity contribution in [1.29, 1.82) is 0 Å². The minimum atomic E-state index is -0.628. The predicted octanol–water partition coefficient (Wildman–Crippen LogP) is 1.88. The van der Waals surface area contributed by atoms with Crippen molar-refractivity contribution in [3.8, 4) is 0 Å². The molecule has 5 heteroatoms. The summed E-state index contributed by atoms with van der Waals surface area (Å²) in [5, 5.41) is 6.08. The fourth-order valence-corrected chi connectivity index (χ4v) is 0.934. The van der Waals surface area contributed by atoms with E-state index < -0.39 is 6.09 Å². The first-order valence-corrected chi connectivity index (χ1v) is 4.90. The molecule has 16 heavy (non-hydrogen) atoms. The number of nitrogens with zero attached hydrogens (tertiary/aromatic N) is 1. The smallest absolute Gasteiger partial charge is 0.325 e. The average Bonchev–Trinajstić information content (AvgIpc) is 2.29. The van der Waals surface area contributed by atoms with Gasteiger partial charge in [-0.25, -0.2) is 4.79 Å².